The lowest BCUT2D eigenvalue weighted by atomic mass is 10.1. The van der Waals surface area contributed by atoms with Crippen molar-refractivity contribution in [2.75, 3.05) is 0 Å². The van der Waals surface area contributed by atoms with Crippen molar-refractivity contribution in [3.8, 4) is 0 Å². The lowest BCUT2D eigenvalue weighted by Crippen LogP contribution is -2.20. The highest BCUT2D eigenvalue weighted by molar-refractivity contribution is 8.01. The molecule has 78 valence electrons. The highest BCUT2D eigenvalue weighted by Crippen LogP contribution is 2.33. The molecule has 1 heterocycles. The zero-order valence-electron chi connectivity index (χ0n) is 8.06. The van der Waals surface area contributed by atoms with Gasteiger partial charge >= 0.3 is 0 Å². The first kappa shape index (κ1) is 10.5. The van der Waals surface area contributed by atoms with E-state index in [-0.39, 0.29) is 6.10 Å². The van der Waals surface area contributed by atoms with Crippen LogP contribution in [0.2, 0.25) is 0 Å². The Bertz CT molecular complexity index is 263. The van der Waals surface area contributed by atoms with Gasteiger partial charge in [0.1, 0.15) is 4.34 Å². The molecule has 2 nitrogen and oxygen atoms in total. The Morgan fingerprint density at radius 1 is 1.36 bits per heavy atom. The summed E-state index contributed by atoms with van der Waals surface area (Å²) < 4.78 is 1.09. The number of thiazole rings is 1. The molecular formula is C10H15NOS2. The summed E-state index contributed by atoms with van der Waals surface area (Å²) in [7, 11) is 0. The van der Waals surface area contributed by atoms with Crippen molar-refractivity contribution in [1.29, 1.82) is 0 Å². The summed E-state index contributed by atoms with van der Waals surface area (Å²) in [6, 6.07) is 0. The van der Waals surface area contributed by atoms with Crippen LogP contribution in [-0.2, 0) is 0 Å². The molecule has 1 aliphatic rings. The van der Waals surface area contributed by atoms with E-state index in [4.69, 9.17) is 0 Å². The number of hydrogen-bond donors (Lipinski definition) is 1. The van der Waals surface area contributed by atoms with Crippen molar-refractivity contribution in [3.63, 3.8) is 0 Å². The van der Waals surface area contributed by atoms with Gasteiger partial charge in [-0.15, -0.1) is 11.3 Å². The molecule has 0 saturated heterocycles. The number of thioether (sulfide) groups is 1. The third-order valence-electron chi connectivity index (χ3n) is 2.58. The van der Waals surface area contributed by atoms with Gasteiger partial charge in [0.15, 0.2) is 0 Å². The van der Waals surface area contributed by atoms with Crippen molar-refractivity contribution >= 4 is 23.1 Å². The summed E-state index contributed by atoms with van der Waals surface area (Å²) in [6.07, 6.45) is 7.48. The molecule has 1 fully saturated rings. The number of nitrogens with zero attached hydrogens (tertiary/aromatic N) is 1. The van der Waals surface area contributed by atoms with Crippen molar-refractivity contribution in [3.05, 3.63) is 11.6 Å². The molecule has 1 saturated carbocycles. The molecular weight excluding hydrogens is 214 g/mol. The summed E-state index contributed by atoms with van der Waals surface area (Å²) in [4.78, 5) is 4.25. The van der Waals surface area contributed by atoms with E-state index >= 15 is 0 Å². The summed E-state index contributed by atoms with van der Waals surface area (Å²) in [5.74, 6) is 0. The van der Waals surface area contributed by atoms with Crippen LogP contribution in [0.25, 0.3) is 0 Å². The van der Waals surface area contributed by atoms with Gasteiger partial charge in [-0.1, -0.05) is 31.0 Å². The van der Waals surface area contributed by atoms with Crippen molar-refractivity contribution in [1.82, 2.24) is 4.98 Å². The molecule has 0 spiro atoms. The molecule has 0 bridgehead atoms. The third-order valence-corrected chi connectivity index (χ3v) is 4.88. The van der Waals surface area contributed by atoms with Gasteiger partial charge in [0.25, 0.3) is 0 Å². The first-order valence-corrected chi connectivity index (χ1v) is 6.86. The van der Waals surface area contributed by atoms with Crippen LogP contribution in [-0.4, -0.2) is 21.4 Å². The largest absolute Gasteiger partial charge is 0.392 e. The Kier molecular flexibility index (Phi) is 3.84. The Hall–Kier alpha value is -0.0600. The second kappa shape index (κ2) is 5.14. The molecule has 1 N–H and O–H groups in total. The molecule has 1 aliphatic carbocycles. The van der Waals surface area contributed by atoms with Crippen LogP contribution in [0.5, 0.6) is 0 Å². The molecule has 0 aromatic carbocycles. The molecule has 2 rings (SSSR count). The van der Waals surface area contributed by atoms with Crippen LogP contribution in [0.1, 0.15) is 32.1 Å². The van der Waals surface area contributed by atoms with Gasteiger partial charge < -0.3 is 5.11 Å². The number of aliphatic hydroxyl groups excluding tert-OH is 1. The van der Waals surface area contributed by atoms with Crippen LogP contribution in [0.3, 0.4) is 0 Å². The highest BCUT2D eigenvalue weighted by Gasteiger charge is 2.23. The first-order valence-electron chi connectivity index (χ1n) is 5.10. The minimum absolute atomic E-state index is 0.133. The van der Waals surface area contributed by atoms with E-state index in [1.54, 1.807) is 23.1 Å². The van der Waals surface area contributed by atoms with E-state index in [0.29, 0.717) is 5.25 Å². The minimum atomic E-state index is -0.133. The fourth-order valence-electron chi connectivity index (χ4n) is 1.79. The fourth-order valence-corrected chi connectivity index (χ4v) is 3.87. The standard InChI is InChI=1S/C10H15NOS2/c12-8-4-2-1-3-5-9(8)14-10-11-6-7-13-10/h6-9,12H,1-5H2. The summed E-state index contributed by atoms with van der Waals surface area (Å²) in [6.45, 7) is 0. The zero-order valence-corrected chi connectivity index (χ0v) is 9.69. The minimum Gasteiger partial charge on any atom is -0.392 e. The normalized spacial score (nSPS) is 28.6. The Labute approximate surface area is 92.8 Å². The van der Waals surface area contributed by atoms with Crippen LogP contribution in [0.4, 0.5) is 0 Å². The summed E-state index contributed by atoms with van der Waals surface area (Å²) in [5.41, 5.74) is 0. The lowest BCUT2D eigenvalue weighted by Gasteiger charge is -2.17. The van der Waals surface area contributed by atoms with E-state index < -0.39 is 0 Å². The summed E-state index contributed by atoms with van der Waals surface area (Å²) >= 11 is 3.42. The third kappa shape index (κ3) is 2.72. The monoisotopic (exact) mass is 229 g/mol. The van der Waals surface area contributed by atoms with E-state index in [0.717, 1.165) is 17.2 Å². The van der Waals surface area contributed by atoms with Gasteiger partial charge in [0, 0.05) is 16.8 Å². The van der Waals surface area contributed by atoms with Crippen molar-refractivity contribution in [2.24, 2.45) is 0 Å². The zero-order chi connectivity index (χ0) is 9.80. The van der Waals surface area contributed by atoms with Gasteiger partial charge in [-0.25, -0.2) is 4.98 Å². The molecule has 0 amide bonds. The molecule has 1 aromatic heterocycles. The van der Waals surface area contributed by atoms with Crippen LogP contribution < -0.4 is 0 Å². The Morgan fingerprint density at radius 3 is 3.00 bits per heavy atom. The maximum absolute atomic E-state index is 9.90. The molecule has 2 unspecified atom stereocenters. The van der Waals surface area contributed by atoms with Crippen molar-refractivity contribution in [2.45, 2.75) is 47.8 Å². The van der Waals surface area contributed by atoms with Gasteiger partial charge in [0.2, 0.25) is 0 Å². The maximum atomic E-state index is 9.90. The topological polar surface area (TPSA) is 33.1 Å². The predicted molar refractivity (Wildman–Crippen MR) is 60.9 cm³/mol. The molecule has 0 radical (unpaired) electrons. The summed E-state index contributed by atoms with van der Waals surface area (Å²) in [5, 5.41) is 12.3. The van der Waals surface area contributed by atoms with Crippen LogP contribution in [0, 0.1) is 0 Å². The fraction of sp³-hybridized carbons (Fsp3) is 0.700. The van der Waals surface area contributed by atoms with Gasteiger partial charge in [0.05, 0.1) is 6.10 Å². The first-order chi connectivity index (χ1) is 6.86. The van der Waals surface area contributed by atoms with E-state index in [1.807, 2.05) is 11.6 Å². The molecule has 1 aromatic rings. The highest BCUT2D eigenvalue weighted by atomic mass is 32.2. The smallest absolute Gasteiger partial charge is 0.150 e. The lowest BCUT2D eigenvalue weighted by molar-refractivity contribution is 0.163. The van der Waals surface area contributed by atoms with Gasteiger partial charge in [-0.05, 0) is 12.8 Å². The molecule has 14 heavy (non-hydrogen) atoms. The van der Waals surface area contributed by atoms with Gasteiger partial charge in [-0.2, -0.15) is 0 Å². The predicted octanol–water partition coefficient (Wildman–Crippen LogP) is 2.93. The quantitative estimate of drug-likeness (QED) is 0.792. The van der Waals surface area contributed by atoms with Crippen LogP contribution in [0.15, 0.2) is 15.9 Å². The van der Waals surface area contributed by atoms with Gasteiger partial charge in [-0.3, -0.25) is 0 Å². The van der Waals surface area contributed by atoms with Crippen molar-refractivity contribution < 1.29 is 5.11 Å². The second-order valence-corrected chi connectivity index (χ2v) is 6.04. The number of aromatic nitrogens is 1. The number of rotatable bonds is 2. The average Bonchev–Trinajstić information content (AvgIpc) is 2.60. The van der Waals surface area contributed by atoms with E-state index in [9.17, 15) is 5.11 Å². The van der Waals surface area contributed by atoms with E-state index in [1.165, 1.54) is 19.3 Å². The number of aliphatic hydroxyl groups is 1. The second-order valence-electron chi connectivity index (χ2n) is 3.66. The Morgan fingerprint density at radius 2 is 2.21 bits per heavy atom. The average molecular weight is 229 g/mol. The van der Waals surface area contributed by atoms with E-state index in [2.05, 4.69) is 4.98 Å². The molecule has 4 heteroatoms. The van der Waals surface area contributed by atoms with Crippen LogP contribution >= 0.6 is 23.1 Å². The molecule has 2 atom stereocenters. The SMILES string of the molecule is OC1CCCCCC1Sc1nccs1. The Balaban J connectivity index is 1.94. The maximum Gasteiger partial charge on any atom is 0.150 e. The number of hydrogen-bond acceptors (Lipinski definition) is 4. The molecule has 0 aliphatic heterocycles.